The van der Waals surface area contributed by atoms with Crippen molar-refractivity contribution < 1.29 is 28.5 Å². The van der Waals surface area contributed by atoms with Crippen molar-refractivity contribution in [2.45, 2.75) is 32.8 Å². The number of allylic oxidation sites excluding steroid dienone is 1. The van der Waals surface area contributed by atoms with Crippen molar-refractivity contribution in [3.63, 3.8) is 0 Å². The molecule has 1 unspecified atom stereocenters. The first-order valence-corrected chi connectivity index (χ1v) is 14.6. The van der Waals surface area contributed by atoms with E-state index in [2.05, 4.69) is 6.07 Å². The first kappa shape index (κ1) is 30.3. The Morgan fingerprint density at radius 2 is 1.77 bits per heavy atom. The van der Waals surface area contributed by atoms with Crippen LogP contribution in [0.2, 0.25) is 5.02 Å². The second-order valence-electron chi connectivity index (χ2n) is 9.91. The minimum Gasteiger partial charge on any atom is -0.494 e. The van der Waals surface area contributed by atoms with E-state index in [1.807, 2.05) is 50.2 Å². The van der Waals surface area contributed by atoms with Crippen molar-refractivity contribution in [2.75, 3.05) is 13.2 Å². The minimum absolute atomic E-state index is 0.0359. The number of carbonyl (C=O) groups is 1. The Bertz CT molecular complexity index is 1750. The van der Waals surface area contributed by atoms with Gasteiger partial charge in [-0.2, -0.15) is 5.26 Å². The summed E-state index contributed by atoms with van der Waals surface area (Å²) in [5.41, 5.74) is 9.09. The molecule has 0 fully saturated rings. The molecule has 0 spiro atoms. The molecule has 1 heterocycles. The molecule has 4 aromatic carbocycles. The summed E-state index contributed by atoms with van der Waals surface area (Å²) in [6.07, 6.45) is 0.852. The lowest BCUT2D eigenvalue weighted by Crippen LogP contribution is -2.21. The smallest absolute Gasteiger partial charge is 0.343 e. The minimum atomic E-state index is -0.558. The molecule has 44 heavy (non-hydrogen) atoms. The maximum absolute atomic E-state index is 12.9. The zero-order valence-corrected chi connectivity index (χ0v) is 25.1. The van der Waals surface area contributed by atoms with Crippen LogP contribution in [-0.2, 0) is 6.61 Å². The lowest BCUT2D eigenvalue weighted by molar-refractivity contribution is 0.0734. The van der Waals surface area contributed by atoms with E-state index in [-0.39, 0.29) is 23.8 Å². The second-order valence-corrected chi connectivity index (χ2v) is 10.3. The zero-order chi connectivity index (χ0) is 31.1. The fourth-order valence-electron chi connectivity index (χ4n) is 4.80. The number of benzene rings is 4. The van der Waals surface area contributed by atoms with E-state index in [1.165, 1.54) is 0 Å². The van der Waals surface area contributed by atoms with E-state index in [1.54, 1.807) is 48.5 Å². The number of hydrogen-bond donors (Lipinski definition) is 1. The molecule has 0 saturated heterocycles. The van der Waals surface area contributed by atoms with Crippen LogP contribution in [0.5, 0.6) is 28.7 Å². The summed E-state index contributed by atoms with van der Waals surface area (Å²) in [6.45, 7) is 5.10. The van der Waals surface area contributed by atoms with E-state index in [9.17, 15) is 10.1 Å². The van der Waals surface area contributed by atoms with Crippen LogP contribution in [0.1, 0.15) is 53.2 Å². The molecule has 1 aliphatic rings. The molecule has 1 aliphatic heterocycles. The average molecular weight is 611 g/mol. The van der Waals surface area contributed by atoms with Crippen LogP contribution in [-0.4, -0.2) is 19.2 Å². The molecule has 5 rings (SSSR count). The number of halogens is 1. The third kappa shape index (κ3) is 6.74. The zero-order valence-electron chi connectivity index (χ0n) is 24.3. The van der Waals surface area contributed by atoms with Gasteiger partial charge in [-0.25, -0.2) is 4.79 Å². The van der Waals surface area contributed by atoms with Crippen molar-refractivity contribution in [1.29, 1.82) is 5.26 Å². The van der Waals surface area contributed by atoms with Crippen LogP contribution >= 0.6 is 11.6 Å². The molecule has 0 saturated carbocycles. The Balaban J connectivity index is 1.42. The van der Waals surface area contributed by atoms with Gasteiger partial charge in [-0.05, 0) is 61.4 Å². The van der Waals surface area contributed by atoms with Gasteiger partial charge < -0.3 is 29.4 Å². The molecule has 0 aliphatic carbocycles. The van der Waals surface area contributed by atoms with Gasteiger partial charge in [-0.1, -0.05) is 54.9 Å². The molecular formula is C35H31ClN2O6. The van der Waals surface area contributed by atoms with Crippen molar-refractivity contribution in [3.8, 4) is 34.8 Å². The Kier molecular flexibility index (Phi) is 9.58. The number of rotatable bonds is 11. The van der Waals surface area contributed by atoms with E-state index in [0.717, 1.165) is 17.5 Å². The van der Waals surface area contributed by atoms with Crippen LogP contribution in [0, 0.1) is 11.3 Å². The molecule has 8 nitrogen and oxygen atoms in total. The standard InChI is InChI=1S/C35H31ClN2O6/c1-3-16-41-25-10-7-9-23(17-25)35(39)43-26-13-14-27-31(19-26)44-34(38)28(20-37)33(27)22-12-15-30(32(18-22)40-4-2)42-21-24-8-5-6-11-29(24)36/h5-15,17-19,33H,3-4,16,21,38H2,1-2H3. The largest absolute Gasteiger partial charge is 0.494 e. The van der Waals surface area contributed by atoms with Crippen LogP contribution < -0.4 is 29.4 Å². The fourth-order valence-corrected chi connectivity index (χ4v) is 4.99. The van der Waals surface area contributed by atoms with Crippen LogP contribution in [0.3, 0.4) is 0 Å². The van der Waals surface area contributed by atoms with Gasteiger partial charge >= 0.3 is 5.97 Å². The molecule has 4 aromatic rings. The second kappa shape index (κ2) is 13.9. The predicted molar refractivity (Wildman–Crippen MR) is 166 cm³/mol. The quantitative estimate of drug-likeness (QED) is 0.137. The molecule has 1 atom stereocenters. The molecular weight excluding hydrogens is 580 g/mol. The topological polar surface area (TPSA) is 113 Å². The van der Waals surface area contributed by atoms with E-state index < -0.39 is 11.9 Å². The Hall–Kier alpha value is -5.13. The summed E-state index contributed by atoms with van der Waals surface area (Å²) < 4.78 is 29.1. The average Bonchev–Trinajstić information content (AvgIpc) is 3.03. The van der Waals surface area contributed by atoms with E-state index in [0.29, 0.717) is 52.4 Å². The number of fused-ring (bicyclic) bond motifs is 1. The number of hydrogen-bond acceptors (Lipinski definition) is 8. The highest BCUT2D eigenvalue weighted by molar-refractivity contribution is 6.31. The summed E-state index contributed by atoms with van der Waals surface area (Å²) in [4.78, 5) is 12.9. The number of esters is 1. The summed E-state index contributed by atoms with van der Waals surface area (Å²) in [5.74, 6) is 1.12. The SMILES string of the molecule is CCCOc1cccc(C(=O)Oc2ccc3c(c2)OC(N)=C(C#N)C3c2ccc(OCc3ccccc3Cl)c(OCC)c2)c1. The molecule has 0 aromatic heterocycles. The van der Waals surface area contributed by atoms with Gasteiger partial charge in [0.1, 0.15) is 35.5 Å². The predicted octanol–water partition coefficient (Wildman–Crippen LogP) is 7.54. The monoisotopic (exact) mass is 610 g/mol. The third-order valence-electron chi connectivity index (χ3n) is 6.89. The van der Waals surface area contributed by atoms with Gasteiger partial charge in [0.25, 0.3) is 0 Å². The van der Waals surface area contributed by atoms with Gasteiger partial charge in [-0.15, -0.1) is 0 Å². The van der Waals surface area contributed by atoms with Crippen LogP contribution in [0.4, 0.5) is 0 Å². The van der Waals surface area contributed by atoms with Gasteiger partial charge in [0.2, 0.25) is 5.88 Å². The summed E-state index contributed by atoms with van der Waals surface area (Å²) in [5, 5.41) is 10.7. The maximum Gasteiger partial charge on any atom is 0.343 e. The lowest BCUT2D eigenvalue weighted by Gasteiger charge is -2.27. The van der Waals surface area contributed by atoms with E-state index >= 15 is 0 Å². The summed E-state index contributed by atoms with van der Waals surface area (Å²) in [6, 6.07) is 27.0. The normalized spacial score (nSPS) is 13.7. The Morgan fingerprint density at radius 3 is 2.55 bits per heavy atom. The molecule has 9 heteroatoms. The van der Waals surface area contributed by atoms with E-state index in [4.69, 9.17) is 41.0 Å². The maximum atomic E-state index is 12.9. The molecule has 2 N–H and O–H groups in total. The first-order chi connectivity index (χ1) is 21.4. The van der Waals surface area contributed by atoms with Gasteiger partial charge in [0, 0.05) is 22.2 Å². The number of nitriles is 1. The van der Waals surface area contributed by atoms with Gasteiger partial charge in [0.15, 0.2) is 11.5 Å². The Labute approximate surface area is 261 Å². The summed E-state index contributed by atoms with van der Waals surface area (Å²) >= 11 is 6.30. The first-order valence-electron chi connectivity index (χ1n) is 14.2. The van der Waals surface area contributed by atoms with Crippen molar-refractivity contribution in [1.82, 2.24) is 0 Å². The van der Waals surface area contributed by atoms with Crippen molar-refractivity contribution >= 4 is 17.6 Å². The number of carbonyl (C=O) groups excluding carboxylic acids is 1. The molecule has 0 radical (unpaired) electrons. The highest BCUT2D eigenvalue weighted by atomic mass is 35.5. The highest BCUT2D eigenvalue weighted by Crippen LogP contribution is 2.45. The van der Waals surface area contributed by atoms with Crippen LogP contribution in [0.15, 0.2) is 96.4 Å². The number of ether oxygens (including phenoxy) is 5. The van der Waals surface area contributed by atoms with Crippen molar-refractivity contribution in [2.24, 2.45) is 5.73 Å². The molecule has 0 amide bonds. The van der Waals surface area contributed by atoms with Crippen LogP contribution in [0.25, 0.3) is 0 Å². The molecule has 0 bridgehead atoms. The number of nitrogens with zero attached hydrogens (tertiary/aromatic N) is 1. The van der Waals surface area contributed by atoms with Crippen molar-refractivity contribution in [3.05, 3.63) is 124 Å². The summed E-state index contributed by atoms with van der Waals surface area (Å²) in [7, 11) is 0. The highest BCUT2D eigenvalue weighted by Gasteiger charge is 2.32. The fraction of sp³-hybridized carbons (Fsp3) is 0.200. The lowest BCUT2D eigenvalue weighted by atomic mass is 9.83. The third-order valence-corrected chi connectivity index (χ3v) is 7.25. The van der Waals surface area contributed by atoms with Gasteiger partial charge in [-0.3, -0.25) is 0 Å². The molecule has 224 valence electrons. The Morgan fingerprint density at radius 1 is 0.932 bits per heavy atom. The number of nitrogens with two attached hydrogens (primary N) is 1. The van der Waals surface area contributed by atoms with Gasteiger partial charge in [0.05, 0.1) is 24.7 Å².